The minimum atomic E-state index is -0.206. The van der Waals surface area contributed by atoms with Gasteiger partial charge in [0.25, 0.3) is 0 Å². The molecule has 2 aromatic rings. The van der Waals surface area contributed by atoms with Crippen molar-refractivity contribution in [3.05, 3.63) is 24.3 Å². The number of rotatable bonds is 9. The van der Waals surface area contributed by atoms with Gasteiger partial charge < -0.3 is 14.8 Å². The van der Waals surface area contributed by atoms with Gasteiger partial charge in [0, 0.05) is 37.9 Å². The van der Waals surface area contributed by atoms with Crippen molar-refractivity contribution < 1.29 is 4.79 Å². The van der Waals surface area contributed by atoms with Crippen LogP contribution in [-0.4, -0.2) is 45.6 Å². The molecule has 0 aliphatic rings. The molecule has 1 N–H and O–H groups in total. The standard InChI is InChI=1S/C19H29N5OS/c1-6-13-20-18(25)14(4)26-19-22-21-17(23(19)5)15-9-11-16(12-10-15)24(7-2)8-3/h9-12,14H,6-8,13H2,1-5H3,(H,20,25). The van der Waals surface area contributed by atoms with Crippen LogP contribution in [0.15, 0.2) is 29.4 Å². The number of anilines is 1. The van der Waals surface area contributed by atoms with Crippen LogP contribution in [0, 0.1) is 0 Å². The molecule has 1 aromatic carbocycles. The highest BCUT2D eigenvalue weighted by Crippen LogP contribution is 2.27. The Morgan fingerprint density at radius 1 is 1.19 bits per heavy atom. The van der Waals surface area contributed by atoms with Gasteiger partial charge >= 0.3 is 0 Å². The van der Waals surface area contributed by atoms with E-state index in [1.54, 1.807) is 0 Å². The molecule has 1 atom stereocenters. The molecule has 2 rings (SSSR count). The summed E-state index contributed by atoms with van der Waals surface area (Å²) in [4.78, 5) is 14.4. The van der Waals surface area contributed by atoms with Gasteiger partial charge in [-0.1, -0.05) is 18.7 Å². The van der Waals surface area contributed by atoms with Crippen molar-refractivity contribution >= 4 is 23.4 Å². The fourth-order valence-electron chi connectivity index (χ4n) is 2.68. The first-order valence-corrected chi connectivity index (χ1v) is 10.1. The van der Waals surface area contributed by atoms with Crippen LogP contribution in [0.25, 0.3) is 11.4 Å². The molecule has 0 spiro atoms. The number of hydrogen-bond donors (Lipinski definition) is 1. The number of amides is 1. The Balaban J connectivity index is 2.12. The zero-order chi connectivity index (χ0) is 19.1. The fourth-order valence-corrected chi connectivity index (χ4v) is 3.52. The Kier molecular flexibility index (Phi) is 7.50. The van der Waals surface area contributed by atoms with E-state index in [0.717, 1.165) is 36.1 Å². The predicted octanol–water partition coefficient (Wildman–Crippen LogP) is 3.34. The second-order valence-electron chi connectivity index (χ2n) is 6.14. The van der Waals surface area contributed by atoms with Crippen molar-refractivity contribution in [1.82, 2.24) is 20.1 Å². The Morgan fingerprint density at radius 3 is 2.42 bits per heavy atom. The van der Waals surface area contributed by atoms with Crippen LogP contribution in [0.3, 0.4) is 0 Å². The first kappa shape index (κ1) is 20.3. The van der Waals surface area contributed by atoms with E-state index in [1.165, 1.54) is 17.4 Å². The molecule has 0 aliphatic heterocycles. The molecular formula is C19H29N5OS. The van der Waals surface area contributed by atoms with E-state index in [9.17, 15) is 4.79 Å². The molecule has 1 unspecified atom stereocenters. The summed E-state index contributed by atoms with van der Waals surface area (Å²) in [5, 5.41) is 12.0. The summed E-state index contributed by atoms with van der Waals surface area (Å²) in [7, 11) is 1.94. The van der Waals surface area contributed by atoms with Crippen LogP contribution >= 0.6 is 11.8 Å². The van der Waals surface area contributed by atoms with Crippen molar-refractivity contribution in [3.8, 4) is 11.4 Å². The third kappa shape index (κ3) is 4.78. The zero-order valence-electron chi connectivity index (χ0n) is 16.3. The minimum Gasteiger partial charge on any atom is -0.372 e. The highest BCUT2D eigenvalue weighted by atomic mass is 32.2. The van der Waals surface area contributed by atoms with Crippen LogP contribution in [0.5, 0.6) is 0 Å². The number of carbonyl (C=O) groups excluding carboxylic acids is 1. The van der Waals surface area contributed by atoms with Crippen molar-refractivity contribution in [2.24, 2.45) is 7.05 Å². The Hall–Kier alpha value is -2.02. The van der Waals surface area contributed by atoms with Crippen LogP contribution in [0.2, 0.25) is 0 Å². The van der Waals surface area contributed by atoms with E-state index in [2.05, 4.69) is 58.5 Å². The Bertz CT molecular complexity index is 709. The molecule has 6 nitrogen and oxygen atoms in total. The number of nitrogens with one attached hydrogen (secondary N) is 1. The highest BCUT2D eigenvalue weighted by molar-refractivity contribution is 8.00. The lowest BCUT2D eigenvalue weighted by molar-refractivity contribution is -0.120. The van der Waals surface area contributed by atoms with Gasteiger partial charge in [0.15, 0.2) is 11.0 Å². The summed E-state index contributed by atoms with van der Waals surface area (Å²) in [5.41, 5.74) is 2.22. The van der Waals surface area contributed by atoms with E-state index < -0.39 is 0 Å². The molecule has 1 aromatic heterocycles. The van der Waals surface area contributed by atoms with Crippen LogP contribution in [-0.2, 0) is 11.8 Å². The number of nitrogens with zero attached hydrogens (tertiary/aromatic N) is 4. The molecule has 0 aliphatic carbocycles. The number of aromatic nitrogens is 3. The molecule has 0 fully saturated rings. The van der Waals surface area contributed by atoms with Gasteiger partial charge in [0.2, 0.25) is 5.91 Å². The van der Waals surface area contributed by atoms with Gasteiger partial charge in [0.1, 0.15) is 0 Å². The maximum atomic E-state index is 12.1. The van der Waals surface area contributed by atoms with Gasteiger partial charge in [-0.3, -0.25) is 4.79 Å². The minimum absolute atomic E-state index is 0.0324. The van der Waals surface area contributed by atoms with Crippen LogP contribution in [0.4, 0.5) is 5.69 Å². The van der Waals surface area contributed by atoms with Gasteiger partial charge in [-0.15, -0.1) is 10.2 Å². The molecule has 0 saturated heterocycles. The topological polar surface area (TPSA) is 63.1 Å². The molecule has 0 radical (unpaired) electrons. The molecule has 1 heterocycles. The molecule has 0 saturated carbocycles. The van der Waals surface area contributed by atoms with E-state index in [4.69, 9.17) is 0 Å². The third-order valence-corrected chi connectivity index (χ3v) is 5.42. The number of benzene rings is 1. The number of carbonyl (C=O) groups is 1. The smallest absolute Gasteiger partial charge is 0.233 e. The maximum absolute atomic E-state index is 12.1. The normalized spacial score (nSPS) is 12.0. The van der Waals surface area contributed by atoms with Gasteiger partial charge in [0.05, 0.1) is 5.25 Å². The van der Waals surface area contributed by atoms with Crippen LogP contribution in [0.1, 0.15) is 34.1 Å². The van der Waals surface area contributed by atoms with Gasteiger partial charge in [-0.2, -0.15) is 0 Å². The lowest BCUT2D eigenvalue weighted by Gasteiger charge is -2.21. The van der Waals surface area contributed by atoms with E-state index in [0.29, 0.717) is 6.54 Å². The molecular weight excluding hydrogens is 346 g/mol. The quantitative estimate of drug-likeness (QED) is 0.681. The largest absolute Gasteiger partial charge is 0.372 e. The van der Waals surface area contributed by atoms with E-state index in [-0.39, 0.29) is 11.2 Å². The molecule has 0 bridgehead atoms. The summed E-state index contributed by atoms with van der Waals surface area (Å²) in [6.07, 6.45) is 0.931. The van der Waals surface area contributed by atoms with Crippen molar-refractivity contribution in [2.45, 2.75) is 44.5 Å². The van der Waals surface area contributed by atoms with Crippen molar-refractivity contribution in [2.75, 3.05) is 24.5 Å². The second kappa shape index (κ2) is 9.62. The molecule has 26 heavy (non-hydrogen) atoms. The zero-order valence-corrected chi connectivity index (χ0v) is 17.1. The van der Waals surface area contributed by atoms with Crippen LogP contribution < -0.4 is 10.2 Å². The maximum Gasteiger partial charge on any atom is 0.233 e. The van der Waals surface area contributed by atoms with Crippen molar-refractivity contribution in [3.63, 3.8) is 0 Å². The summed E-state index contributed by atoms with van der Waals surface area (Å²) in [6.45, 7) is 10.9. The SMILES string of the molecule is CCCNC(=O)C(C)Sc1nnc(-c2ccc(N(CC)CC)cc2)n1C. The van der Waals surface area contributed by atoms with E-state index >= 15 is 0 Å². The highest BCUT2D eigenvalue weighted by Gasteiger charge is 2.19. The third-order valence-electron chi connectivity index (χ3n) is 4.29. The van der Waals surface area contributed by atoms with Gasteiger partial charge in [-0.05, 0) is 51.5 Å². The summed E-state index contributed by atoms with van der Waals surface area (Å²) < 4.78 is 1.95. The first-order valence-electron chi connectivity index (χ1n) is 9.20. The van der Waals surface area contributed by atoms with Gasteiger partial charge in [-0.25, -0.2) is 0 Å². The average Bonchev–Trinajstić information content (AvgIpc) is 3.01. The summed E-state index contributed by atoms with van der Waals surface area (Å²) in [6, 6.07) is 8.38. The Labute approximate surface area is 160 Å². The second-order valence-corrected chi connectivity index (χ2v) is 7.44. The average molecular weight is 376 g/mol. The lowest BCUT2D eigenvalue weighted by atomic mass is 10.2. The number of thioether (sulfide) groups is 1. The molecule has 1 amide bonds. The lowest BCUT2D eigenvalue weighted by Crippen LogP contribution is -2.31. The fraction of sp³-hybridized carbons (Fsp3) is 0.526. The van der Waals surface area contributed by atoms with Crippen molar-refractivity contribution in [1.29, 1.82) is 0 Å². The summed E-state index contributed by atoms with van der Waals surface area (Å²) in [5.74, 6) is 0.838. The Morgan fingerprint density at radius 2 is 1.85 bits per heavy atom. The summed E-state index contributed by atoms with van der Waals surface area (Å²) >= 11 is 1.43. The first-order chi connectivity index (χ1) is 12.5. The number of hydrogen-bond acceptors (Lipinski definition) is 5. The van der Waals surface area contributed by atoms with E-state index in [1.807, 2.05) is 25.5 Å². The molecule has 7 heteroatoms. The predicted molar refractivity (Wildman–Crippen MR) is 109 cm³/mol. The molecule has 142 valence electrons. The monoisotopic (exact) mass is 375 g/mol.